The SMILES string of the molecule is COc1ccc(C)nc1-c1cccc(C(=O)N2CCCC(c3ccccc3)C2)c1. The second kappa shape index (κ2) is 8.48. The molecule has 1 amide bonds. The number of rotatable bonds is 4. The molecule has 1 atom stereocenters. The zero-order chi connectivity index (χ0) is 20.2. The highest BCUT2D eigenvalue weighted by molar-refractivity contribution is 5.95. The average molecular weight is 386 g/mol. The van der Waals surface area contributed by atoms with Crippen molar-refractivity contribution in [2.75, 3.05) is 20.2 Å². The van der Waals surface area contributed by atoms with E-state index in [2.05, 4.69) is 29.2 Å². The summed E-state index contributed by atoms with van der Waals surface area (Å²) in [4.78, 5) is 19.9. The fourth-order valence-electron chi connectivity index (χ4n) is 4.06. The van der Waals surface area contributed by atoms with E-state index < -0.39 is 0 Å². The van der Waals surface area contributed by atoms with E-state index in [0.29, 0.717) is 17.2 Å². The van der Waals surface area contributed by atoms with Crippen molar-refractivity contribution in [3.63, 3.8) is 0 Å². The summed E-state index contributed by atoms with van der Waals surface area (Å²) in [6.07, 6.45) is 2.15. The number of benzene rings is 2. The molecule has 4 rings (SSSR count). The molecular formula is C25H26N2O2. The lowest BCUT2D eigenvalue weighted by molar-refractivity contribution is 0.0707. The van der Waals surface area contributed by atoms with Crippen molar-refractivity contribution in [1.29, 1.82) is 0 Å². The van der Waals surface area contributed by atoms with Crippen LogP contribution in [-0.2, 0) is 0 Å². The molecule has 0 N–H and O–H groups in total. The van der Waals surface area contributed by atoms with Crippen LogP contribution < -0.4 is 4.74 Å². The number of likely N-dealkylation sites (tertiary alicyclic amines) is 1. The third kappa shape index (κ3) is 4.16. The summed E-state index contributed by atoms with van der Waals surface area (Å²) in [5.41, 5.74) is 4.59. The highest BCUT2D eigenvalue weighted by Gasteiger charge is 2.25. The molecule has 0 bridgehead atoms. The Bertz CT molecular complexity index is 1000. The van der Waals surface area contributed by atoms with Crippen molar-refractivity contribution in [3.05, 3.63) is 83.6 Å². The second-order valence-corrected chi connectivity index (χ2v) is 7.59. The lowest BCUT2D eigenvalue weighted by atomic mass is 9.90. The quantitative estimate of drug-likeness (QED) is 0.627. The van der Waals surface area contributed by atoms with Crippen molar-refractivity contribution in [2.45, 2.75) is 25.7 Å². The van der Waals surface area contributed by atoms with Gasteiger partial charge in [-0.15, -0.1) is 0 Å². The lowest BCUT2D eigenvalue weighted by Gasteiger charge is -2.33. The average Bonchev–Trinajstić information content (AvgIpc) is 2.79. The Kier molecular flexibility index (Phi) is 5.61. The molecular weight excluding hydrogens is 360 g/mol. The molecule has 4 nitrogen and oxygen atoms in total. The number of piperidine rings is 1. The van der Waals surface area contributed by atoms with Crippen molar-refractivity contribution < 1.29 is 9.53 Å². The number of nitrogens with zero attached hydrogens (tertiary/aromatic N) is 2. The minimum absolute atomic E-state index is 0.0825. The van der Waals surface area contributed by atoms with E-state index >= 15 is 0 Å². The van der Waals surface area contributed by atoms with Gasteiger partial charge in [0, 0.05) is 35.8 Å². The van der Waals surface area contributed by atoms with Crippen LogP contribution in [0.15, 0.2) is 66.7 Å². The van der Waals surface area contributed by atoms with Crippen molar-refractivity contribution in [3.8, 4) is 17.0 Å². The van der Waals surface area contributed by atoms with E-state index in [1.807, 2.05) is 54.3 Å². The van der Waals surface area contributed by atoms with Gasteiger partial charge in [-0.05, 0) is 49.6 Å². The third-order valence-electron chi connectivity index (χ3n) is 5.58. The molecule has 2 heterocycles. The molecule has 1 saturated heterocycles. The van der Waals surface area contributed by atoms with E-state index in [0.717, 1.165) is 42.9 Å². The maximum Gasteiger partial charge on any atom is 0.253 e. The molecule has 0 aliphatic carbocycles. The van der Waals surface area contributed by atoms with Crippen molar-refractivity contribution >= 4 is 5.91 Å². The third-order valence-corrected chi connectivity index (χ3v) is 5.58. The number of hydrogen-bond donors (Lipinski definition) is 0. The van der Waals surface area contributed by atoms with Crippen LogP contribution in [-0.4, -0.2) is 36.0 Å². The molecule has 0 saturated carbocycles. The van der Waals surface area contributed by atoms with Gasteiger partial charge in [0.1, 0.15) is 11.4 Å². The monoisotopic (exact) mass is 386 g/mol. The highest BCUT2D eigenvalue weighted by Crippen LogP contribution is 2.30. The maximum atomic E-state index is 13.3. The van der Waals surface area contributed by atoms with Gasteiger partial charge < -0.3 is 9.64 Å². The fraction of sp³-hybridized carbons (Fsp3) is 0.280. The van der Waals surface area contributed by atoms with Crippen LogP contribution in [0.5, 0.6) is 5.75 Å². The van der Waals surface area contributed by atoms with Gasteiger partial charge >= 0.3 is 0 Å². The topological polar surface area (TPSA) is 42.4 Å². The van der Waals surface area contributed by atoms with E-state index in [-0.39, 0.29) is 5.91 Å². The summed E-state index contributed by atoms with van der Waals surface area (Å²) in [5, 5.41) is 0. The first-order valence-corrected chi connectivity index (χ1v) is 10.1. The van der Waals surface area contributed by atoms with Crippen LogP contribution in [0.3, 0.4) is 0 Å². The first-order valence-electron chi connectivity index (χ1n) is 10.1. The van der Waals surface area contributed by atoms with Crippen LogP contribution in [0.2, 0.25) is 0 Å². The molecule has 4 heteroatoms. The van der Waals surface area contributed by atoms with Gasteiger partial charge in [-0.1, -0.05) is 42.5 Å². The van der Waals surface area contributed by atoms with Gasteiger partial charge in [0.05, 0.1) is 7.11 Å². The summed E-state index contributed by atoms with van der Waals surface area (Å²) in [6, 6.07) is 22.1. The Morgan fingerprint density at radius 3 is 2.69 bits per heavy atom. The van der Waals surface area contributed by atoms with E-state index in [9.17, 15) is 4.79 Å². The van der Waals surface area contributed by atoms with Crippen molar-refractivity contribution in [2.24, 2.45) is 0 Å². The maximum absolute atomic E-state index is 13.3. The number of carbonyl (C=O) groups excluding carboxylic acids is 1. The molecule has 0 radical (unpaired) electrons. The van der Waals surface area contributed by atoms with Gasteiger partial charge in [0.2, 0.25) is 0 Å². The number of methoxy groups -OCH3 is 1. The zero-order valence-electron chi connectivity index (χ0n) is 17.0. The molecule has 1 aliphatic heterocycles. The Labute approximate surface area is 172 Å². The Balaban J connectivity index is 1.58. The number of aryl methyl sites for hydroxylation is 1. The summed E-state index contributed by atoms with van der Waals surface area (Å²) < 4.78 is 5.48. The Morgan fingerprint density at radius 1 is 1.07 bits per heavy atom. The number of hydrogen-bond acceptors (Lipinski definition) is 3. The minimum atomic E-state index is 0.0825. The number of aromatic nitrogens is 1. The van der Waals surface area contributed by atoms with Crippen molar-refractivity contribution in [1.82, 2.24) is 9.88 Å². The van der Waals surface area contributed by atoms with Crippen LogP contribution in [0, 0.1) is 6.92 Å². The predicted molar refractivity (Wildman–Crippen MR) is 115 cm³/mol. The Hall–Kier alpha value is -3.14. The molecule has 29 heavy (non-hydrogen) atoms. The fourth-order valence-corrected chi connectivity index (χ4v) is 4.06. The normalized spacial score (nSPS) is 16.5. The molecule has 148 valence electrons. The number of ether oxygens (including phenoxy) is 1. The van der Waals surface area contributed by atoms with Crippen LogP contribution >= 0.6 is 0 Å². The standard InChI is InChI=1S/C25H26N2O2/c1-18-13-14-23(29-2)24(26-18)20-10-6-11-21(16-20)25(28)27-15-7-12-22(17-27)19-8-4-3-5-9-19/h3-6,8-11,13-14,16,22H,7,12,15,17H2,1-2H3. The number of carbonyl (C=O) groups is 1. The zero-order valence-corrected chi connectivity index (χ0v) is 17.0. The summed E-state index contributed by atoms with van der Waals surface area (Å²) in [6.45, 7) is 3.52. The van der Waals surface area contributed by atoms with Gasteiger partial charge in [-0.2, -0.15) is 0 Å². The summed E-state index contributed by atoms with van der Waals surface area (Å²) >= 11 is 0. The van der Waals surface area contributed by atoms with Gasteiger partial charge in [0.15, 0.2) is 0 Å². The minimum Gasteiger partial charge on any atom is -0.494 e. The molecule has 0 spiro atoms. The molecule has 1 aromatic heterocycles. The second-order valence-electron chi connectivity index (χ2n) is 7.59. The molecule has 1 aliphatic rings. The first-order chi connectivity index (χ1) is 14.2. The molecule has 2 aromatic carbocycles. The number of amides is 1. The largest absolute Gasteiger partial charge is 0.494 e. The molecule has 1 unspecified atom stereocenters. The lowest BCUT2D eigenvalue weighted by Crippen LogP contribution is -2.39. The van der Waals surface area contributed by atoms with Crippen LogP contribution in [0.4, 0.5) is 0 Å². The van der Waals surface area contributed by atoms with Crippen LogP contribution in [0.1, 0.15) is 40.4 Å². The van der Waals surface area contributed by atoms with Gasteiger partial charge in [-0.25, -0.2) is 4.98 Å². The Morgan fingerprint density at radius 2 is 1.90 bits per heavy atom. The number of pyridine rings is 1. The molecule has 3 aromatic rings. The summed E-state index contributed by atoms with van der Waals surface area (Å²) in [5.74, 6) is 1.19. The van der Waals surface area contributed by atoms with Gasteiger partial charge in [-0.3, -0.25) is 4.79 Å². The predicted octanol–water partition coefficient (Wildman–Crippen LogP) is 5.09. The van der Waals surface area contributed by atoms with Gasteiger partial charge in [0.25, 0.3) is 5.91 Å². The highest BCUT2D eigenvalue weighted by atomic mass is 16.5. The first kappa shape index (κ1) is 19.2. The van der Waals surface area contributed by atoms with E-state index in [1.165, 1.54) is 5.56 Å². The molecule has 1 fully saturated rings. The van der Waals surface area contributed by atoms with E-state index in [1.54, 1.807) is 7.11 Å². The van der Waals surface area contributed by atoms with Crippen LogP contribution in [0.25, 0.3) is 11.3 Å². The van der Waals surface area contributed by atoms with E-state index in [4.69, 9.17) is 4.74 Å². The smallest absolute Gasteiger partial charge is 0.253 e. The summed E-state index contributed by atoms with van der Waals surface area (Å²) in [7, 11) is 1.64.